The molecule has 0 bridgehead atoms. The van der Waals surface area contributed by atoms with Crippen molar-refractivity contribution in [2.75, 3.05) is 33.8 Å². The topological polar surface area (TPSA) is 70.7 Å². The van der Waals surface area contributed by atoms with E-state index in [0.29, 0.717) is 6.04 Å². The van der Waals surface area contributed by atoms with Crippen molar-refractivity contribution >= 4 is 12.0 Å². The predicted molar refractivity (Wildman–Crippen MR) is 59.1 cm³/mol. The van der Waals surface area contributed by atoms with Gasteiger partial charge in [0, 0.05) is 12.6 Å². The molecule has 1 unspecified atom stereocenters. The fourth-order valence-corrected chi connectivity index (χ4v) is 1.80. The van der Waals surface area contributed by atoms with E-state index in [1.807, 2.05) is 11.9 Å². The molecule has 92 valence electrons. The maximum Gasteiger partial charge on any atom is 0.413 e. The smallest absolute Gasteiger partial charge is 0.413 e. The average molecular weight is 229 g/mol. The van der Waals surface area contributed by atoms with Gasteiger partial charge in [-0.2, -0.15) is 0 Å². The van der Waals surface area contributed by atoms with Crippen molar-refractivity contribution in [3.63, 3.8) is 0 Å². The second kappa shape index (κ2) is 6.44. The van der Waals surface area contributed by atoms with Gasteiger partial charge in [-0.1, -0.05) is 0 Å². The van der Waals surface area contributed by atoms with Crippen LogP contribution in [0.25, 0.3) is 0 Å². The minimum Gasteiger partial charge on any atom is -0.453 e. The Morgan fingerprint density at radius 3 is 2.88 bits per heavy atom. The average Bonchev–Trinajstić information content (AvgIpc) is 2.69. The summed E-state index contributed by atoms with van der Waals surface area (Å²) in [5.74, 6) is -0.340. The zero-order chi connectivity index (χ0) is 12.0. The van der Waals surface area contributed by atoms with E-state index in [4.69, 9.17) is 0 Å². The van der Waals surface area contributed by atoms with Gasteiger partial charge >= 0.3 is 6.09 Å². The van der Waals surface area contributed by atoms with Crippen molar-refractivity contribution in [1.29, 1.82) is 0 Å². The van der Waals surface area contributed by atoms with Crippen LogP contribution >= 0.6 is 0 Å². The molecule has 1 heterocycles. The number of carbonyl (C=O) groups excluding carboxylic acids is 2. The van der Waals surface area contributed by atoms with Crippen LogP contribution in [0.4, 0.5) is 4.79 Å². The Hall–Kier alpha value is -1.14. The number of nitrogens with one attached hydrogen (secondary N) is 2. The zero-order valence-electron chi connectivity index (χ0n) is 9.78. The highest BCUT2D eigenvalue weighted by Gasteiger charge is 2.17. The second-order valence-electron chi connectivity index (χ2n) is 4.03. The van der Waals surface area contributed by atoms with E-state index in [1.54, 1.807) is 0 Å². The molecular weight excluding hydrogens is 210 g/mol. The lowest BCUT2D eigenvalue weighted by atomic mass is 10.2. The third-order valence-corrected chi connectivity index (χ3v) is 2.53. The molecule has 0 spiro atoms. The van der Waals surface area contributed by atoms with Crippen molar-refractivity contribution in [1.82, 2.24) is 15.5 Å². The van der Waals surface area contributed by atoms with E-state index in [0.717, 1.165) is 19.5 Å². The van der Waals surface area contributed by atoms with Crippen LogP contribution in [0, 0.1) is 0 Å². The highest BCUT2D eigenvalue weighted by Crippen LogP contribution is 2.05. The normalized spacial score (nSPS) is 19.8. The molecule has 0 radical (unpaired) electrons. The molecular formula is C10H19N3O3. The zero-order valence-corrected chi connectivity index (χ0v) is 9.78. The Bertz CT molecular complexity index is 252. The van der Waals surface area contributed by atoms with Crippen LogP contribution in [-0.2, 0) is 9.53 Å². The minimum atomic E-state index is -0.711. The maximum atomic E-state index is 11.3. The van der Waals surface area contributed by atoms with E-state index in [-0.39, 0.29) is 12.5 Å². The molecule has 0 aromatic heterocycles. The molecule has 1 fully saturated rings. The molecule has 2 amide bonds. The molecule has 0 aromatic carbocycles. The first-order chi connectivity index (χ1) is 7.61. The molecule has 16 heavy (non-hydrogen) atoms. The Labute approximate surface area is 95.3 Å². The SMILES string of the molecule is COC(=O)NC(=O)CN(C)CC1CCCN1. The molecule has 1 saturated heterocycles. The van der Waals surface area contributed by atoms with Crippen LogP contribution in [0.2, 0.25) is 0 Å². The van der Waals surface area contributed by atoms with Gasteiger partial charge in [0.05, 0.1) is 13.7 Å². The molecule has 1 aliphatic rings. The molecule has 0 saturated carbocycles. The summed E-state index contributed by atoms with van der Waals surface area (Å²) >= 11 is 0. The first-order valence-corrected chi connectivity index (χ1v) is 5.41. The van der Waals surface area contributed by atoms with E-state index >= 15 is 0 Å². The minimum absolute atomic E-state index is 0.202. The summed E-state index contributed by atoms with van der Waals surface area (Å²) in [5, 5.41) is 5.47. The lowest BCUT2D eigenvalue weighted by Gasteiger charge is -2.20. The number of imide groups is 1. The number of carbonyl (C=O) groups is 2. The fraction of sp³-hybridized carbons (Fsp3) is 0.800. The van der Waals surface area contributed by atoms with Gasteiger partial charge in [-0.05, 0) is 26.4 Å². The molecule has 0 aromatic rings. The lowest BCUT2D eigenvalue weighted by molar-refractivity contribution is -0.121. The van der Waals surface area contributed by atoms with Crippen molar-refractivity contribution < 1.29 is 14.3 Å². The van der Waals surface area contributed by atoms with Crippen molar-refractivity contribution in [3.8, 4) is 0 Å². The highest BCUT2D eigenvalue weighted by molar-refractivity contribution is 5.92. The van der Waals surface area contributed by atoms with Crippen LogP contribution < -0.4 is 10.6 Å². The molecule has 2 N–H and O–H groups in total. The van der Waals surface area contributed by atoms with E-state index in [9.17, 15) is 9.59 Å². The van der Waals surface area contributed by atoms with Gasteiger partial charge < -0.3 is 10.1 Å². The summed E-state index contributed by atoms with van der Waals surface area (Å²) in [6.45, 7) is 2.06. The van der Waals surface area contributed by atoms with Crippen molar-refractivity contribution in [2.45, 2.75) is 18.9 Å². The maximum absolute atomic E-state index is 11.3. The van der Waals surface area contributed by atoms with Gasteiger partial charge in [0.25, 0.3) is 0 Å². The fourth-order valence-electron chi connectivity index (χ4n) is 1.80. The predicted octanol–water partition coefficient (Wildman–Crippen LogP) is -0.447. The van der Waals surface area contributed by atoms with Crippen LogP contribution in [0.3, 0.4) is 0 Å². The first-order valence-electron chi connectivity index (χ1n) is 5.41. The third kappa shape index (κ3) is 4.59. The summed E-state index contributed by atoms with van der Waals surface area (Å²) < 4.78 is 4.33. The number of nitrogens with zero attached hydrogens (tertiary/aromatic N) is 1. The summed E-state index contributed by atoms with van der Waals surface area (Å²) in [7, 11) is 3.09. The van der Waals surface area contributed by atoms with Crippen molar-refractivity contribution in [3.05, 3.63) is 0 Å². The van der Waals surface area contributed by atoms with Crippen molar-refractivity contribution in [2.24, 2.45) is 0 Å². The number of amides is 2. The van der Waals surface area contributed by atoms with Gasteiger partial charge in [0.2, 0.25) is 5.91 Å². The Balaban J connectivity index is 2.19. The van der Waals surface area contributed by atoms with Gasteiger partial charge in [0.1, 0.15) is 0 Å². The van der Waals surface area contributed by atoms with Crippen LogP contribution in [0.15, 0.2) is 0 Å². The quantitative estimate of drug-likeness (QED) is 0.683. The number of rotatable bonds is 4. The number of alkyl carbamates (subject to hydrolysis) is 1. The number of likely N-dealkylation sites (N-methyl/N-ethyl adjacent to an activating group) is 1. The summed E-state index contributed by atoms with van der Waals surface area (Å²) in [4.78, 5) is 24.0. The monoisotopic (exact) mass is 229 g/mol. The van der Waals surface area contributed by atoms with E-state index in [1.165, 1.54) is 13.5 Å². The third-order valence-electron chi connectivity index (χ3n) is 2.53. The molecule has 1 aliphatic heterocycles. The van der Waals surface area contributed by atoms with Gasteiger partial charge in [-0.15, -0.1) is 0 Å². The molecule has 6 heteroatoms. The summed E-state index contributed by atoms with van der Waals surface area (Å²) in [6, 6.07) is 0.455. The second-order valence-corrected chi connectivity index (χ2v) is 4.03. The Morgan fingerprint density at radius 2 is 2.31 bits per heavy atom. The van der Waals surface area contributed by atoms with E-state index in [2.05, 4.69) is 15.4 Å². The summed E-state index contributed by atoms with van der Waals surface area (Å²) in [5.41, 5.74) is 0. The molecule has 0 aliphatic carbocycles. The largest absolute Gasteiger partial charge is 0.453 e. The number of hydrogen-bond donors (Lipinski definition) is 2. The molecule has 1 atom stereocenters. The van der Waals surface area contributed by atoms with Gasteiger partial charge in [0.15, 0.2) is 0 Å². The number of hydrogen-bond acceptors (Lipinski definition) is 5. The number of methoxy groups -OCH3 is 1. The first kappa shape index (κ1) is 12.9. The molecule has 1 rings (SSSR count). The highest BCUT2D eigenvalue weighted by atomic mass is 16.5. The lowest BCUT2D eigenvalue weighted by Crippen LogP contribution is -2.42. The van der Waals surface area contributed by atoms with Gasteiger partial charge in [-0.25, -0.2) is 4.79 Å². The Kier molecular flexibility index (Phi) is 5.21. The standard InChI is InChI=1S/C10H19N3O3/c1-13(6-8-4-3-5-11-8)7-9(14)12-10(15)16-2/h8,11H,3-7H2,1-2H3,(H,12,14,15). The van der Waals surface area contributed by atoms with Crippen LogP contribution in [0.1, 0.15) is 12.8 Å². The molecule has 6 nitrogen and oxygen atoms in total. The Morgan fingerprint density at radius 1 is 1.56 bits per heavy atom. The van der Waals surface area contributed by atoms with Crippen LogP contribution in [-0.4, -0.2) is 56.7 Å². The van der Waals surface area contributed by atoms with E-state index < -0.39 is 6.09 Å². The number of ether oxygens (including phenoxy) is 1. The van der Waals surface area contributed by atoms with Crippen LogP contribution in [0.5, 0.6) is 0 Å². The van der Waals surface area contributed by atoms with Gasteiger partial charge in [-0.3, -0.25) is 15.0 Å². The summed E-state index contributed by atoms with van der Waals surface area (Å²) in [6.07, 6.45) is 1.62.